The summed E-state index contributed by atoms with van der Waals surface area (Å²) >= 11 is 0. The van der Waals surface area contributed by atoms with Gasteiger partial charge in [-0.25, -0.2) is 9.50 Å². The van der Waals surface area contributed by atoms with Gasteiger partial charge in [0.2, 0.25) is 0 Å². The van der Waals surface area contributed by atoms with E-state index in [2.05, 4.69) is 15.1 Å². The first-order valence-corrected chi connectivity index (χ1v) is 5.06. The van der Waals surface area contributed by atoms with Crippen molar-refractivity contribution >= 4 is 5.65 Å². The predicted molar refractivity (Wildman–Crippen MR) is 61.0 cm³/mol. The molecule has 0 unspecified atom stereocenters. The quantitative estimate of drug-likeness (QED) is 0.617. The zero-order chi connectivity index (χ0) is 11.0. The van der Waals surface area contributed by atoms with Crippen LogP contribution in [-0.4, -0.2) is 19.6 Å². The molecule has 78 valence electrons. The fraction of sp³-hybridized carbons (Fsp3) is 0.0833. The number of rotatable bonds is 1. The zero-order valence-electron chi connectivity index (χ0n) is 8.83. The Balaban J connectivity index is 2.19. The molecule has 0 aliphatic rings. The molecule has 0 spiro atoms. The lowest BCUT2D eigenvalue weighted by molar-refractivity contribution is 0.961. The monoisotopic (exact) mass is 210 g/mol. The standard InChI is InChI=1S/C12H10N4/c1-9-4-6-16-11(7-9)14-12(15-16)10-3-2-5-13-8-10/h2-8H,1H3. The van der Waals surface area contributed by atoms with Gasteiger partial charge in [-0.15, -0.1) is 5.10 Å². The average molecular weight is 210 g/mol. The van der Waals surface area contributed by atoms with Crippen LogP contribution in [0.25, 0.3) is 17.0 Å². The van der Waals surface area contributed by atoms with Crippen molar-refractivity contribution in [2.24, 2.45) is 0 Å². The Bertz CT molecular complexity index is 628. The molecule has 0 atom stereocenters. The minimum Gasteiger partial charge on any atom is -0.264 e. The van der Waals surface area contributed by atoms with Gasteiger partial charge in [-0.1, -0.05) is 0 Å². The van der Waals surface area contributed by atoms with Crippen LogP contribution in [0.2, 0.25) is 0 Å². The number of nitrogens with zero attached hydrogens (tertiary/aromatic N) is 4. The predicted octanol–water partition coefficient (Wildman–Crippen LogP) is 2.10. The third-order valence-corrected chi connectivity index (χ3v) is 2.41. The van der Waals surface area contributed by atoms with Gasteiger partial charge in [-0.2, -0.15) is 0 Å². The maximum Gasteiger partial charge on any atom is 0.183 e. The Morgan fingerprint density at radius 1 is 1.25 bits per heavy atom. The van der Waals surface area contributed by atoms with Gasteiger partial charge in [-0.05, 0) is 36.8 Å². The molecule has 0 bridgehead atoms. The maximum absolute atomic E-state index is 4.46. The molecule has 0 saturated carbocycles. The number of hydrogen-bond acceptors (Lipinski definition) is 3. The minimum atomic E-state index is 0.707. The Kier molecular flexibility index (Phi) is 1.93. The fourth-order valence-electron chi connectivity index (χ4n) is 1.60. The molecule has 0 amide bonds. The third-order valence-electron chi connectivity index (χ3n) is 2.41. The molecule has 4 nitrogen and oxygen atoms in total. The molecule has 4 heteroatoms. The number of hydrogen-bond donors (Lipinski definition) is 0. The number of fused-ring (bicyclic) bond motifs is 1. The van der Waals surface area contributed by atoms with Crippen molar-refractivity contribution in [2.45, 2.75) is 6.92 Å². The highest BCUT2D eigenvalue weighted by Crippen LogP contribution is 2.14. The van der Waals surface area contributed by atoms with Gasteiger partial charge in [0.25, 0.3) is 0 Å². The summed E-state index contributed by atoms with van der Waals surface area (Å²) < 4.78 is 1.77. The normalized spacial score (nSPS) is 10.8. The molecule has 0 N–H and O–H groups in total. The summed E-state index contributed by atoms with van der Waals surface area (Å²) in [5.41, 5.74) is 2.97. The molecule has 0 aliphatic heterocycles. The second-order valence-electron chi connectivity index (χ2n) is 3.68. The van der Waals surface area contributed by atoms with Crippen molar-refractivity contribution in [2.75, 3.05) is 0 Å². The molecule has 0 saturated heterocycles. The third kappa shape index (κ3) is 1.44. The van der Waals surface area contributed by atoms with Gasteiger partial charge in [0.1, 0.15) is 0 Å². The lowest BCUT2D eigenvalue weighted by Gasteiger charge is -1.91. The van der Waals surface area contributed by atoms with Gasteiger partial charge in [-0.3, -0.25) is 4.98 Å². The first-order chi connectivity index (χ1) is 7.83. The van der Waals surface area contributed by atoms with Gasteiger partial charge < -0.3 is 0 Å². The molecule has 0 aliphatic carbocycles. The van der Waals surface area contributed by atoms with Crippen LogP contribution in [-0.2, 0) is 0 Å². The summed E-state index contributed by atoms with van der Waals surface area (Å²) in [6, 6.07) is 7.85. The highest BCUT2D eigenvalue weighted by molar-refractivity contribution is 5.56. The van der Waals surface area contributed by atoms with Gasteiger partial charge in [0.05, 0.1) is 0 Å². The summed E-state index contributed by atoms with van der Waals surface area (Å²) in [5, 5.41) is 4.39. The average Bonchev–Trinajstić information content (AvgIpc) is 2.73. The maximum atomic E-state index is 4.46. The van der Waals surface area contributed by atoms with Crippen LogP contribution in [0.5, 0.6) is 0 Å². The van der Waals surface area contributed by atoms with E-state index in [0.29, 0.717) is 5.82 Å². The second-order valence-corrected chi connectivity index (χ2v) is 3.68. The lowest BCUT2D eigenvalue weighted by atomic mass is 10.3. The van der Waals surface area contributed by atoms with E-state index in [0.717, 1.165) is 11.2 Å². The molecular formula is C12H10N4. The van der Waals surface area contributed by atoms with Gasteiger partial charge >= 0.3 is 0 Å². The first-order valence-electron chi connectivity index (χ1n) is 5.06. The molecule has 0 radical (unpaired) electrons. The van der Waals surface area contributed by atoms with Crippen molar-refractivity contribution in [3.63, 3.8) is 0 Å². The van der Waals surface area contributed by atoms with E-state index in [1.807, 2.05) is 37.4 Å². The molecular weight excluding hydrogens is 200 g/mol. The van der Waals surface area contributed by atoms with Crippen LogP contribution >= 0.6 is 0 Å². The second kappa shape index (κ2) is 3.41. The molecule has 3 heterocycles. The van der Waals surface area contributed by atoms with E-state index in [1.165, 1.54) is 5.56 Å². The van der Waals surface area contributed by atoms with Crippen molar-refractivity contribution < 1.29 is 0 Å². The van der Waals surface area contributed by atoms with Crippen LogP contribution in [0.15, 0.2) is 42.9 Å². The molecule has 0 aromatic carbocycles. The number of aryl methyl sites for hydroxylation is 1. The summed E-state index contributed by atoms with van der Waals surface area (Å²) in [7, 11) is 0. The largest absolute Gasteiger partial charge is 0.264 e. The SMILES string of the molecule is Cc1ccn2nc(-c3cccnc3)nc2c1. The Labute approximate surface area is 92.6 Å². The Morgan fingerprint density at radius 2 is 2.19 bits per heavy atom. The van der Waals surface area contributed by atoms with Crippen LogP contribution < -0.4 is 0 Å². The smallest absolute Gasteiger partial charge is 0.183 e. The highest BCUT2D eigenvalue weighted by Gasteiger charge is 2.05. The van der Waals surface area contributed by atoms with Crippen molar-refractivity contribution in [1.82, 2.24) is 19.6 Å². The van der Waals surface area contributed by atoms with Crippen molar-refractivity contribution in [3.8, 4) is 11.4 Å². The van der Waals surface area contributed by atoms with Crippen LogP contribution in [0.3, 0.4) is 0 Å². The van der Waals surface area contributed by atoms with E-state index in [-0.39, 0.29) is 0 Å². The van der Waals surface area contributed by atoms with Crippen LogP contribution in [0, 0.1) is 6.92 Å². The summed E-state index contributed by atoms with van der Waals surface area (Å²) in [6.45, 7) is 2.04. The fourth-order valence-corrected chi connectivity index (χ4v) is 1.60. The number of aromatic nitrogens is 4. The lowest BCUT2D eigenvalue weighted by Crippen LogP contribution is -1.86. The van der Waals surface area contributed by atoms with Crippen LogP contribution in [0.4, 0.5) is 0 Å². The van der Waals surface area contributed by atoms with Crippen molar-refractivity contribution in [1.29, 1.82) is 0 Å². The summed E-state index contributed by atoms with van der Waals surface area (Å²) in [5.74, 6) is 0.707. The molecule has 0 fully saturated rings. The minimum absolute atomic E-state index is 0.707. The molecule has 3 aromatic heterocycles. The van der Waals surface area contributed by atoms with E-state index in [4.69, 9.17) is 0 Å². The van der Waals surface area contributed by atoms with Crippen LogP contribution in [0.1, 0.15) is 5.56 Å². The topological polar surface area (TPSA) is 43.1 Å². The Hall–Kier alpha value is -2.23. The molecule has 3 rings (SSSR count). The summed E-state index contributed by atoms with van der Waals surface area (Å²) in [6.07, 6.45) is 5.42. The summed E-state index contributed by atoms with van der Waals surface area (Å²) in [4.78, 5) is 8.52. The Morgan fingerprint density at radius 3 is 3.00 bits per heavy atom. The molecule has 16 heavy (non-hydrogen) atoms. The van der Waals surface area contributed by atoms with Gasteiger partial charge in [0, 0.05) is 24.2 Å². The first kappa shape index (κ1) is 9.03. The van der Waals surface area contributed by atoms with Crippen molar-refractivity contribution in [3.05, 3.63) is 48.4 Å². The number of pyridine rings is 2. The molecule has 3 aromatic rings. The van der Waals surface area contributed by atoms with Gasteiger partial charge in [0.15, 0.2) is 11.5 Å². The van der Waals surface area contributed by atoms with E-state index in [1.54, 1.807) is 16.9 Å². The van der Waals surface area contributed by atoms with E-state index >= 15 is 0 Å². The van der Waals surface area contributed by atoms with E-state index in [9.17, 15) is 0 Å². The highest BCUT2D eigenvalue weighted by atomic mass is 15.3. The van der Waals surface area contributed by atoms with E-state index < -0.39 is 0 Å². The zero-order valence-corrected chi connectivity index (χ0v) is 8.83.